The van der Waals surface area contributed by atoms with Gasteiger partial charge in [-0.25, -0.2) is 13.6 Å². The van der Waals surface area contributed by atoms with Gasteiger partial charge in [0.15, 0.2) is 6.04 Å². The highest BCUT2D eigenvalue weighted by Gasteiger charge is 2.28. The van der Waals surface area contributed by atoms with Gasteiger partial charge in [-0.3, -0.25) is 10.1 Å². The molecule has 24 heavy (non-hydrogen) atoms. The van der Waals surface area contributed by atoms with Crippen molar-refractivity contribution in [2.45, 2.75) is 19.0 Å². The van der Waals surface area contributed by atoms with Crippen LogP contribution in [0.2, 0.25) is 0 Å². The molecule has 2 aromatic carbocycles. The van der Waals surface area contributed by atoms with Crippen LogP contribution in [0, 0.1) is 11.6 Å². The number of imide groups is 1. The summed E-state index contributed by atoms with van der Waals surface area (Å²) < 4.78 is 27.0. The standard InChI is InChI=1S/C17H17F2N3O2/c1-10(13-8-7-12(18)9-14(13)19)21-15(16(23)22-17(20)24)11-5-3-2-4-6-11/h2-10,15,21H,1H3,(H3,20,22,23,24)/p+1/t10-,15+/m1/s1. The molecule has 5 N–H and O–H groups in total. The second kappa shape index (κ2) is 7.65. The summed E-state index contributed by atoms with van der Waals surface area (Å²) in [5, 5.41) is 3.62. The summed E-state index contributed by atoms with van der Waals surface area (Å²) >= 11 is 0. The molecule has 0 fully saturated rings. The van der Waals surface area contributed by atoms with E-state index in [0.717, 1.165) is 12.1 Å². The predicted octanol–water partition coefficient (Wildman–Crippen LogP) is 1.53. The Morgan fingerprint density at radius 1 is 1.12 bits per heavy atom. The van der Waals surface area contributed by atoms with Crippen LogP contribution in [-0.4, -0.2) is 11.9 Å². The third-order valence-corrected chi connectivity index (χ3v) is 3.62. The highest BCUT2D eigenvalue weighted by atomic mass is 19.1. The van der Waals surface area contributed by atoms with E-state index in [0.29, 0.717) is 5.56 Å². The van der Waals surface area contributed by atoms with Gasteiger partial charge < -0.3 is 11.1 Å². The fourth-order valence-electron chi connectivity index (χ4n) is 2.47. The van der Waals surface area contributed by atoms with Crippen LogP contribution in [0.1, 0.15) is 30.1 Å². The molecular weight excluding hydrogens is 316 g/mol. The van der Waals surface area contributed by atoms with Crippen molar-refractivity contribution >= 4 is 11.9 Å². The van der Waals surface area contributed by atoms with Crippen molar-refractivity contribution in [1.29, 1.82) is 0 Å². The number of halogens is 2. The van der Waals surface area contributed by atoms with Crippen LogP contribution in [-0.2, 0) is 4.79 Å². The number of primary amides is 1. The van der Waals surface area contributed by atoms with Gasteiger partial charge in [-0.15, -0.1) is 0 Å². The lowest BCUT2D eigenvalue weighted by Gasteiger charge is -2.20. The lowest BCUT2D eigenvalue weighted by atomic mass is 10.0. The number of nitrogens with two attached hydrogens (primary N) is 2. The molecule has 0 aromatic heterocycles. The molecule has 0 aliphatic rings. The minimum absolute atomic E-state index is 0.254. The largest absolute Gasteiger partial charge is 0.351 e. The maximum absolute atomic E-state index is 13.9. The summed E-state index contributed by atoms with van der Waals surface area (Å²) in [5.41, 5.74) is 5.89. The van der Waals surface area contributed by atoms with Gasteiger partial charge in [0, 0.05) is 17.2 Å². The molecule has 5 nitrogen and oxygen atoms in total. The third kappa shape index (κ3) is 4.36. The van der Waals surface area contributed by atoms with Crippen LogP contribution < -0.4 is 16.4 Å². The Balaban J connectivity index is 2.27. The summed E-state index contributed by atoms with van der Waals surface area (Å²) in [4.78, 5) is 23.2. The Hall–Kier alpha value is -2.80. The number of quaternary nitrogens is 1. The van der Waals surface area contributed by atoms with Crippen LogP contribution in [0.25, 0.3) is 0 Å². The number of carbonyl (C=O) groups is 2. The van der Waals surface area contributed by atoms with Gasteiger partial charge in [-0.1, -0.05) is 30.3 Å². The molecule has 0 heterocycles. The molecule has 126 valence electrons. The van der Waals surface area contributed by atoms with Crippen molar-refractivity contribution < 1.29 is 23.7 Å². The highest BCUT2D eigenvalue weighted by molar-refractivity contribution is 5.96. The van der Waals surface area contributed by atoms with E-state index >= 15 is 0 Å². The van der Waals surface area contributed by atoms with E-state index < -0.39 is 35.7 Å². The molecule has 3 amide bonds. The lowest BCUT2D eigenvalue weighted by Crippen LogP contribution is -2.88. The van der Waals surface area contributed by atoms with Crippen molar-refractivity contribution in [2.24, 2.45) is 5.73 Å². The van der Waals surface area contributed by atoms with Crippen molar-refractivity contribution in [3.63, 3.8) is 0 Å². The topological polar surface area (TPSA) is 88.8 Å². The van der Waals surface area contributed by atoms with E-state index in [1.165, 1.54) is 6.07 Å². The molecule has 0 saturated heterocycles. The quantitative estimate of drug-likeness (QED) is 0.774. The molecule has 0 aliphatic carbocycles. The number of nitrogens with one attached hydrogen (secondary N) is 1. The number of hydrogen-bond donors (Lipinski definition) is 3. The van der Waals surface area contributed by atoms with Crippen LogP contribution in [0.3, 0.4) is 0 Å². The van der Waals surface area contributed by atoms with Crippen molar-refractivity contribution in [3.8, 4) is 0 Å². The first-order valence-electron chi connectivity index (χ1n) is 7.33. The Morgan fingerprint density at radius 3 is 2.38 bits per heavy atom. The lowest BCUT2D eigenvalue weighted by molar-refractivity contribution is -0.719. The summed E-state index contributed by atoms with van der Waals surface area (Å²) in [6.07, 6.45) is 0. The molecule has 2 aromatic rings. The molecule has 0 aliphatic heterocycles. The average Bonchev–Trinajstić information content (AvgIpc) is 2.52. The summed E-state index contributed by atoms with van der Waals surface area (Å²) in [7, 11) is 0. The van der Waals surface area contributed by atoms with Gasteiger partial charge in [0.1, 0.15) is 17.7 Å². The maximum atomic E-state index is 13.9. The molecular formula is C17H18F2N3O2+. The Bertz CT molecular complexity index is 738. The van der Waals surface area contributed by atoms with Gasteiger partial charge in [0.05, 0.1) is 0 Å². The molecule has 0 spiro atoms. The predicted molar refractivity (Wildman–Crippen MR) is 83.6 cm³/mol. The highest BCUT2D eigenvalue weighted by Crippen LogP contribution is 2.17. The zero-order valence-corrected chi connectivity index (χ0v) is 13.0. The smallest absolute Gasteiger partial charge is 0.319 e. The summed E-state index contributed by atoms with van der Waals surface area (Å²) in [5.74, 6) is -1.97. The number of hydrogen-bond acceptors (Lipinski definition) is 2. The molecule has 7 heteroatoms. The van der Waals surface area contributed by atoms with E-state index in [1.54, 1.807) is 42.6 Å². The first-order chi connectivity index (χ1) is 11.4. The first kappa shape index (κ1) is 17.6. The third-order valence-electron chi connectivity index (χ3n) is 3.62. The number of rotatable bonds is 5. The maximum Gasteiger partial charge on any atom is 0.319 e. The van der Waals surface area contributed by atoms with E-state index in [9.17, 15) is 18.4 Å². The van der Waals surface area contributed by atoms with Crippen LogP contribution in [0.4, 0.5) is 13.6 Å². The van der Waals surface area contributed by atoms with Gasteiger partial charge in [-0.05, 0) is 19.1 Å². The van der Waals surface area contributed by atoms with Crippen molar-refractivity contribution in [1.82, 2.24) is 5.32 Å². The fraction of sp³-hybridized carbons (Fsp3) is 0.176. The molecule has 2 atom stereocenters. The Morgan fingerprint density at radius 2 is 1.79 bits per heavy atom. The zero-order valence-electron chi connectivity index (χ0n) is 13.0. The van der Waals surface area contributed by atoms with Crippen LogP contribution in [0.5, 0.6) is 0 Å². The number of amides is 3. The van der Waals surface area contributed by atoms with Crippen LogP contribution in [0.15, 0.2) is 48.5 Å². The summed E-state index contributed by atoms with van der Waals surface area (Å²) in [6, 6.07) is 9.74. The number of carbonyl (C=O) groups excluding carboxylic acids is 2. The van der Waals surface area contributed by atoms with E-state index in [-0.39, 0.29) is 5.56 Å². The fourth-order valence-corrected chi connectivity index (χ4v) is 2.47. The minimum atomic E-state index is -0.963. The molecule has 0 unspecified atom stereocenters. The van der Waals surface area contributed by atoms with Gasteiger partial charge in [0.25, 0.3) is 5.91 Å². The number of benzene rings is 2. The van der Waals surface area contributed by atoms with Gasteiger partial charge in [-0.2, -0.15) is 0 Å². The monoisotopic (exact) mass is 334 g/mol. The SMILES string of the molecule is C[C@@H]([NH2+][C@H](C(=O)NC(N)=O)c1ccccc1)c1ccc(F)cc1F. The average molecular weight is 334 g/mol. The van der Waals surface area contributed by atoms with Crippen LogP contribution >= 0.6 is 0 Å². The van der Waals surface area contributed by atoms with Crippen molar-refractivity contribution in [3.05, 3.63) is 71.3 Å². The van der Waals surface area contributed by atoms with Crippen molar-refractivity contribution in [2.75, 3.05) is 0 Å². The second-order valence-corrected chi connectivity index (χ2v) is 5.39. The normalized spacial score (nSPS) is 13.1. The Kier molecular flexibility index (Phi) is 5.59. The first-order valence-corrected chi connectivity index (χ1v) is 7.33. The Labute approximate surface area is 137 Å². The van der Waals surface area contributed by atoms with E-state index in [2.05, 4.69) is 0 Å². The van der Waals surface area contributed by atoms with Gasteiger partial charge >= 0.3 is 6.03 Å². The van der Waals surface area contributed by atoms with E-state index in [1.807, 2.05) is 5.32 Å². The van der Waals surface area contributed by atoms with Gasteiger partial charge in [0.2, 0.25) is 0 Å². The number of urea groups is 1. The second-order valence-electron chi connectivity index (χ2n) is 5.39. The molecule has 0 bridgehead atoms. The van der Waals surface area contributed by atoms with E-state index in [4.69, 9.17) is 5.73 Å². The summed E-state index contributed by atoms with van der Waals surface area (Å²) in [6.45, 7) is 1.68. The molecule has 0 radical (unpaired) electrons. The zero-order chi connectivity index (χ0) is 17.7. The minimum Gasteiger partial charge on any atom is -0.351 e. The molecule has 2 rings (SSSR count). The molecule has 0 saturated carbocycles.